The van der Waals surface area contributed by atoms with Crippen molar-refractivity contribution in [2.24, 2.45) is 0 Å². The van der Waals surface area contributed by atoms with Gasteiger partial charge in [0.15, 0.2) is 0 Å². The topological polar surface area (TPSA) is 67.9 Å². The molecule has 1 heterocycles. The van der Waals surface area contributed by atoms with Gasteiger partial charge in [0.2, 0.25) is 0 Å². The zero-order valence-electron chi connectivity index (χ0n) is 18.5. The maximum Gasteiger partial charge on any atom is 0.282 e. The molecule has 0 unspecified atom stereocenters. The first-order valence-corrected chi connectivity index (χ1v) is 10.8. The number of imide groups is 1. The SMILES string of the molecule is CCOc1cccc(NC2=C(c3ccc(C)cc3)C(=O)N(c3ccc(OC)c(Cl)c3)C2=O)c1. The summed E-state index contributed by atoms with van der Waals surface area (Å²) in [6.07, 6.45) is 0. The smallest absolute Gasteiger partial charge is 0.282 e. The van der Waals surface area contributed by atoms with Gasteiger partial charge in [-0.15, -0.1) is 0 Å². The Morgan fingerprint density at radius 3 is 2.39 bits per heavy atom. The number of amides is 2. The summed E-state index contributed by atoms with van der Waals surface area (Å²) in [6, 6.07) is 19.5. The van der Waals surface area contributed by atoms with Gasteiger partial charge < -0.3 is 14.8 Å². The minimum absolute atomic E-state index is 0.185. The van der Waals surface area contributed by atoms with Crippen molar-refractivity contribution in [3.63, 3.8) is 0 Å². The van der Waals surface area contributed by atoms with Gasteiger partial charge in [-0.3, -0.25) is 9.59 Å². The van der Waals surface area contributed by atoms with Gasteiger partial charge in [0.05, 0.1) is 30.0 Å². The Hall–Kier alpha value is -3.77. The molecule has 0 aromatic heterocycles. The maximum atomic E-state index is 13.5. The molecule has 4 rings (SSSR count). The summed E-state index contributed by atoms with van der Waals surface area (Å²) in [5, 5.41) is 3.45. The Bertz CT molecular complexity index is 1250. The summed E-state index contributed by atoms with van der Waals surface area (Å²) in [5.41, 5.74) is 3.16. The molecule has 0 saturated heterocycles. The van der Waals surface area contributed by atoms with Crippen molar-refractivity contribution in [2.75, 3.05) is 23.9 Å². The molecule has 1 N–H and O–H groups in total. The van der Waals surface area contributed by atoms with Crippen LogP contribution >= 0.6 is 11.6 Å². The van der Waals surface area contributed by atoms with E-state index in [2.05, 4.69) is 5.32 Å². The van der Waals surface area contributed by atoms with E-state index in [9.17, 15) is 9.59 Å². The van der Waals surface area contributed by atoms with E-state index < -0.39 is 11.8 Å². The Morgan fingerprint density at radius 2 is 1.73 bits per heavy atom. The molecule has 3 aromatic carbocycles. The van der Waals surface area contributed by atoms with Crippen molar-refractivity contribution in [1.82, 2.24) is 0 Å². The molecule has 168 valence electrons. The molecule has 33 heavy (non-hydrogen) atoms. The van der Waals surface area contributed by atoms with Crippen LogP contribution in [0.5, 0.6) is 11.5 Å². The fourth-order valence-electron chi connectivity index (χ4n) is 3.64. The summed E-state index contributed by atoms with van der Waals surface area (Å²) < 4.78 is 10.8. The first-order chi connectivity index (χ1) is 15.9. The summed E-state index contributed by atoms with van der Waals surface area (Å²) in [4.78, 5) is 28.2. The molecule has 0 aliphatic carbocycles. The van der Waals surface area contributed by atoms with Crippen LogP contribution in [0, 0.1) is 6.92 Å². The molecule has 7 heteroatoms. The molecular weight excluding hydrogens is 440 g/mol. The van der Waals surface area contributed by atoms with Gasteiger partial charge in [-0.25, -0.2) is 4.90 Å². The lowest BCUT2D eigenvalue weighted by Crippen LogP contribution is -2.32. The predicted molar refractivity (Wildman–Crippen MR) is 130 cm³/mol. The largest absolute Gasteiger partial charge is 0.495 e. The van der Waals surface area contributed by atoms with E-state index in [0.29, 0.717) is 40.1 Å². The van der Waals surface area contributed by atoms with Crippen molar-refractivity contribution in [1.29, 1.82) is 0 Å². The quantitative estimate of drug-likeness (QED) is 0.473. The highest BCUT2D eigenvalue weighted by molar-refractivity contribution is 6.46. The minimum Gasteiger partial charge on any atom is -0.495 e. The van der Waals surface area contributed by atoms with E-state index in [4.69, 9.17) is 21.1 Å². The number of halogens is 1. The van der Waals surface area contributed by atoms with Crippen LogP contribution < -0.4 is 19.7 Å². The molecule has 6 nitrogen and oxygen atoms in total. The Balaban J connectivity index is 1.79. The van der Waals surface area contributed by atoms with E-state index in [0.717, 1.165) is 10.5 Å². The highest BCUT2D eigenvalue weighted by atomic mass is 35.5. The lowest BCUT2D eigenvalue weighted by atomic mass is 10.0. The van der Waals surface area contributed by atoms with E-state index in [1.165, 1.54) is 7.11 Å². The number of aryl methyl sites for hydroxylation is 1. The molecule has 0 fully saturated rings. The fourth-order valence-corrected chi connectivity index (χ4v) is 3.89. The zero-order chi connectivity index (χ0) is 23.5. The second-order valence-electron chi connectivity index (χ2n) is 7.47. The number of hydrogen-bond donors (Lipinski definition) is 1. The number of rotatable bonds is 7. The maximum absolute atomic E-state index is 13.5. The van der Waals surface area contributed by atoms with Crippen LogP contribution in [0.1, 0.15) is 18.1 Å². The summed E-state index contributed by atoms with van der Waals surface area (Å²) in [7, 11) is 1.50. The molecule has 0 spiro atoms. The normalized spacial score (nSPS) is 13.5. The summed E-state index contributed by atoms with van der Waals surface area (Å²) >= 11 is 6.27. The second-order valence-corrected chi connectivity index (χ2v) is 7.87. The van der Waals surface area contributed by atoms with E-state index >= 15 is 0 Å². The van der Waals surface area contributed by atoms with Crippen LogP contribution in [-0.2, 0) is 9.59 Å². The average molecular weight is 463 g/mol. The van der Waals surface area contributed by atoms with Gasteiger partial charge >= 0.3 is 0 Å². The van der Waals surface area contributed by atoms with Crippen LogP contribution in [0.3, 0.4) is 0 Å². The average Bonchev–Trinajstić information content (AvgIpc) is 3.04. The van der Waals surface area contributed by atoms with Gasteiger partial charge in [0, 0.05) is 11.8 Å². The van der Waals surface area contributed by atoms with E-state index in [1.807, 2.05) is 56.3 Å². The third-order valence-corrected chi connectivity index (χ3v) is 5.53. The Morgan fingerprint density at radius 1 is 0.970 bits per heavy atom. The molecule has 0 saturated carbocycles. The van der Waals surface area contributed by atoms with E-state index in [1.54, 1.807) is 24.3 Å². The number of nitrogens with zero attached hydrogens (tertiary/aromatic N) is 1. The predicted octanol–water partition coefficient (Wildman–Crippen LogP) is 5.45. The molecule has 1 aliphatic rings. The summed E-state index contributed by atoms with van der Waals surface area (Å²) in [6.45, 7) is 4.38. The van der Waals surface area contributed by atoms with Crippen LogP contribution in [0.15, 0.2) is 72.4 Å². The van der Waals surface area contributed by atoms with Crippen LogP contribution in [0.25, 0.3) is 5.57 Å². The van der Waals surface area contributed by atoms with Gasteiger partial charge in [-0.05, 0) is 49.7 Å². The highest BCUT2D eigenvalue weighted by Crippen LogP contribution is 2.37. The third kappa shape index (κ3) is 4.43. The van der Waals surface area contributed by atoms with Crippen molar-refractivity contribution in [3.8, 4) is 11.5 Å². The minimum atomic E-state index is -0.473. The van der Waals surface area contributed by atoms with Crippen molar-refractivity contribution in [2.45, 2.75) is 13.8 Å². The monoisotopic (exact) mass is 462 g/mol. The van der Waals surface area contributed by atoms with E-state index in [-0.39, 0.29) is 11.3 Å². The molecule has 1 aliphatic heterocycles. The second kappa shape index (κ2) is 9.38. The lowest BCUT2D eigenvalue weighted by molar-refractivity contribution is -0.120. The number of anilines is 2. The molecule has 0 bridgehead atoms. The van der Waals surface area contributed by atoms with Gasteiger partial charge in [0.25, 0.3) is 11.8 Å². The fraction of sp³-hybridized carbons (Fsp3) is 0.154. The first kappa shape index (κ1) is 22.4. The van der Waals surface area contributed by atoms with Crippen molar-refractivity contribution >= 4 is 40.4 Å². The van der Waals surface area contributed by atoms with Crippen LogP contribution in [0.4, 0.5) is 11.4 Å². The highest BCUT2D eigenvalue weighted by Gasteiger charge is 2.40. The summed E-state index contributed by atoms with van der Waals surface area (Å²) in [5.74, 6) is 0.208. The standard InChI is InChI=1S/C26H23ClN2O4/c1-4-33-20-7-5-6-18(14-20)28-24-23(17-10-8-16(2)9-11-17)25(30)29(26(24)31)19-12-13-22(32-3)21(27)15-19/h5-15,28H,4H2,1-3H3. The molecule has 2 amide bonds. The van der Waals surface area contributed by atoms with Crippen LogP contribution in [0.2, 0.25) is 5.02 Å². The number of methoxy groups -OCH3 is 1. The van der Waals surface area contributed by atoms with Gasteiger partial charge in [-0.1, -0.05) is 47.5 Å². The molecule has 0 atom stereocenters. The zero-order valence-corrected chi connectivity index (χ0v) is 19.3. The number of ether oxygens (including phenoxy) is 2. The Kier molecular flexibility index (Phi) is 6.38. The van der Waals surface area contributed by atoms with Gasteiger partial charge in [-0.2, -0.15) is 0 Å². The Labute approximate surface area is 197 Å². The first-order valence-electron chi connectivity index (χ1n) is 10.5. The number of nitrogens with one attached hydrogen (secondary N) is 1. The van der Waals surface area contributed by atoms with Crippen molar-refractivity contribution < 1.29 is 19.1 Å². The number of benzene rings is 3. The number of hydrogen-bond acceptors (Lipinski definition) is 5. The van der Waals surface area contributed by atoms with Crippen LogP contribution in [-0.4, -0.2) is 25.5 Å². The lowest BCUT2D eigenvalue weighted by Gasteiger charge is -2.16. The molecule has 3 aromatic rings. The molecule has 0 radical (unpaired) electrons. The number of carbonyl (C=O) groups excluding carboxylic acids is 2. The molecular formula is C26H23ClN2O4. The third-order valence-electron chi connectivity index (χ3n) is 5.23. The van der Waals surface area contributed by atoms with Gasteiger partial charge in [0.1, 0.15) is 17.2 Å². The van der Waals surface area contributed by atoms with Crippen molar-refractivity contribution in [3.05, 3.63) is 88.6 Å². The number of carbonyl (C=O) groups is 2.